The highest BCUT2D eigenvalue weighted by Gasteiger charge is 2.44. The Morgan fingerprint density at radius 3 is 2.10 bits per heavy atom. The Labute approximate surface area is 116 Å². The van der Waals surface area contributed by atoms with Crippen molar-refractivity contribution in [3.8, 4) is 0 Å². The van der Waals surface area contributed by atoms with Gasteiger partial charge in [-0.05, 0) is 0 Å². The van der Waals surface area contributed by atoms with Crippen LogP contribution >= 0.6 is 0 Å². The lowest BCUT2D eigenvalue weighted by Gasteiger charge is -2.41. The number of hydrogen-bond acceptors (Lipinski definition) is 8. The summed E-state index contributed by atoms with van der Waals surface area (Å²) in [6, 6.07) is 0. The maximum atomic E-state index is 9.94. The van der Waals surface area contributed by atoms with Crippen molar-refractivity contribution < 1.29 is 39.4 Å². The molecule has 0 spiro atoms. The molecular weight excluding hydrogens is 272 g/mol. The van der Waals surface area contributed by atoms with Crippen molar-refractivity contribution in [2.24, 2.45) is 5.92 Å². The Bertz CT molecular complexity index is 314. The minimum atomic E-state index is -1.26. The topological polar surface area (TPSA) is 118 Å². The van der Waals surface area contributed by atoms with Gasteiger partial charge in [-0.1, -0.05) is 6.92 Å². The van der Waals surface area contributed by atoms with Gasteiger partial charge in [-0.25, -0.2) is 0 Å². The van der Waals surface area contributed by atoms with Gasteiger partial charge in [0.05, 0.1) is 19.3 Å². The Morgan fingerprint density at radius 1 is 0.850 bits per heavy atom. The van der Waals surface area contributed by atoms with Gasteiger partial charge in [0.25, 0.3) is 0 Å². The molecule has 2 saturated heterocycles. The van der Waals surface area contributed by atoms with E-state index in [1.165, 1.54) is 7.11 Å². The van der Waals surface area contributed by atoms with Gasteiger partial charge in [0.15, 0.2) is 12.6 Å². The molecule has 5 unspecified atom stereocenters. The summed E-state index contributed by atoms with van der Waals surface area (Å²) in [6.07, 6.45) is -7.56. The number of aliphatic hydroxyl groups excluding tert-OH is 4. The molecule has 2 rings (SSSR count). The molecule has 0 saturated carbocycles. The highest BCUT2D eigenvalue weighted by atomic mass is 16.7. The lowest BCUT2D eigenvalue weighted by atomic mass is 9.97. The summed E-state index contributed by atoms with van der Waals surface area (Å²) in [7, 11) is 1.35. The van der Waals surface area contributed by atoms with Crippen LogP contribution in [0.1, 0.15) is 6.92 Å². The maximum Gasteiger partial charge on any atom is 0.186 e. The van der Waals surface area contributed by atoms with Crippen molar-refractivity contribution in [3.63, 3.8) is 0 Å². The summed E-state index contributed by atoms with van der Waals surface area (Å²) in [5.41, 5.74) is 0. The van der Waals surface area contributed by atoms with Crippen LogP contribution in [0.4, 0.5) is 0 Å². The zero-order valence-corrected chi connectivity index (χ0v) is 11.5. The van der Waals surface area contributed by atoms with E-state index in [1.807, 2.05) is 0 Å². The Morgan fingerprint density at radius 2 is 1.45 bits per heavy atom. The monoisotopic (exact) mass is 294 g/mol. The van der Waals surface area contributed by atoms with Gasteiger partial charge in [-0.15, -0.1) is 0 Å². The Kier molecular flexibility index (Phi) is 5.32. The molecule has 0 aromatic carbocycles. The summed E-state index contributed by atoms with van der Waals surface area (Å²) in [6.45, 7) is 1.96. The smallest absolute Gasteiger partial charge is 0.186 e. The van der Waals surface area contributed by atoms with Crippen LogP contribution in [0.25, 0.3) is 0 Å². The van der Waals surface area contributed by atoms with Crippen molar-refractivity contribution in [1.29, 1.82) is 0 Å². The van der Waals surface area contributed by atoms with Crippen molar-refractivity contribution in [3.05, 3.63) is 0 Å². The molecule has 2 aliphatic heterocycles. The lowest BCUT2D eigenvalue weighted by molar-refractivity contribution is -0.322. The van der Waals surface area contributed by atoms with E-state index in [2.05, 4.69) is 0 Å². The van der Waals surface area contributed by atoms with Crippen LogP contribution in [0.2, 0.25) is 0 Å². The molecule has 2 fully saturated rings. The average molecular weight is 294 g/mol. The van der Waals surface area contributed by atoms with Crippen LogP contribution in [0.5, 0.6) is 0 Å². The van der Waals surface area contributed by atoms with E-state index in [0.29, 0.717) is 0 Å². The second kappa shape index (κ2) is 6.63. The third kappa shape index (κ3) is 3.12. The molecule has 0 aromatic rings. The van der Waals surface area contributed by atoms with Gasteiger partial charge in [0.1, 0.15) is 24.4 Å². The first-order valence-electron chi connectivity index (χ1n) is 6.59. The summed E-state index contributed by atoms with van der Waals surface area (Å²) in [5, 5.41) is 39.4. The van der Waals surface area contributed by atoms with Crippen molar-refractivity contribution in [2.75, 3.05) is 20.3 Å². The van der Waals surface area contributed by atoms with E-state index in [4.69, 9.17) is 18.9 Å². The number of aliphatic hydroxyl groups is 4. The first-order valence-corrected chi connectivity index (χ1v) is 6.59. The zero-order valence-electron chi connectivity index (χ0n) is 11.5. The fourth-order valence-corrected chi connectivity index (χ4v) is 2.33. The molecule has 0 aliphatic carbocycles. The Hall–Kier alpha value is -0.320. The summed E-state index contributed by atoms with van der Waals surface area (Å²) in [4.78, 5) is 0. The molecule has 0 bridgehead atoms. The molecule has 8 atom stereocenters. The van der Waals surface area contributed by atoms with Crippen molar-refractivity contribution in [2.45, 2.75) is 50.0 Å². The highest BCUT2D eigenvalue weighted by molar-refractivity contribution is 4.86. The van der Waals surface area contributed by atoms with Crippen LogP contribution in [0.15, 0.2) is 0 Å². The normalized spacial score (nSPS) is 50.1. The fraction of sp³-hybridized carbons (Fsp3) is 1.00. The van der Waals surface area contributed by atoms with Crippen LogP contribution in [-0.2, 0) is 18.9 Å². The molecule has 20 heavy (non-hydrogen) atoms. The third-order valence-electron chi connectivity index (χ3n) is 3.71. The van der Waals surface area contributed by atoms with E-state index >= 15 is 0 Å². The molecule has 8 nitrogen and oxygen atoms in total. The van der Waals surface area contributed by atoms with Crippen LogP contribution in [0.3, 0.4) is 0 Å². The van der Waals surface area contributed by atoms with E-state index < -0.39 is 43.1 Å². The van der Waals surface area contributed by atoms with Crippen molar-refractivity contribution >= 4 is 0 Å². The molecule has 4 N–H and O–H groups in total. The summed E-state index contributed by atoms with van der Waals surface area (Å²) < 4.78 is 20.8. The van der Waals surface area contributed by atoms with Gasteiger partial charge < -0.3 is 39.4 Å². The Balaban J connectivity index is 1.93. The summed E-state index contributed by atoms with van der Waals surface area (Å²) in [5.74, 6) is -0.208. The summed E-state index contributed by atoms with van der Waals surface area (Å²) >= 11 is 0. The van der Waals surface area contributed by atoms with Gasteiger partial charge in [-0.2, -0.15) is 0 Å². The second-order valence-corrected chi connectivity index (χ2v) is 5.25. The van der Waals surface area contributed by atoms with Gasteiger partial charge in [0, 0.05) is 13.0 Å². The zero-order chi connectivity index (χ0) is 14.9. The van der Waals surface area contributed by atoms with E-state index in [9.17, 15) is 20.4 Å². The van der Waals surface area contributed by atoms with Gasteiger partial charge in [0.2, 0.25) is 0 Å². The van der Waals surface area contributed by atoms with Crippen molar-refractivity contribution in [1.82, 2.24) is 0 Å². The molecule has 0 aromatic heterocycles. The molecular formula is C12H22O8. The predicted molar refractivity (Wildman–Crippen MR) is 64.6 cm³/mol. The SMILES string of the molecule is CO[C@@H]1OCC(O[C@@H]2OC[C@@H](C)C(O)C2O)C(O)C1O. The number of rotatable bonds is 3. The molecule has 0 amide bonds. The van der Waals surface area contributed by atoms with Crippen LogP contribution in [0, 0.1) is 5.92 Å². The molecule has 2 aliphatic rings. The highest BCUT2D eigenvalue weighted by Crippen LogP contribution is 2.25. The predicted octanol–water partition coefficient (Wildman–Crippen LogP) is -2.19. The fourth-order valence-electron chi connectivity index (χ4n) is 2.33. The van der Waals surface area contributed by atoms with Crippen LogP contribution < -0.4 is 0 Å². The number of methoxy groups -OCH3 is 1. The first-order chi connectivity index (χ1) is 9.45. The van der Waals surface area contributed by atoms with Gasteiger partial charge in [-0.3, -0.25) is 0 Å². The quantitative estimate of drug-likeness (QED) is 0.464. The number of ether oxygens (including phenoxy) is 4. The minimum Gasteiger partial charge on any atom is -0.390 e. The van der Waals surface area contributed by atoms with E-state index in [0.717, 1.165) is 0 Å². The lowest BCUT2D eigenvalue weighted by Crippen LogP contribution is -2.58. The second-order valence-electron chi connectivity index (χ2n) is 5.25. The standard InChI is InChI=1S/C12H22O8/c1-5-3-18-12(9(15)7(5)13)20-6-4-19-11(17-2)10(16)8(6)14/h5-16H,3-4H2,1-2H3/t5-,6?,7?,8?,9?,10?,11-,12+/m1/s1. The average Bonchev–Trinajstić information content (AvgIpc) is 2.44. The van der Waals surface area contributed by atoms with Gasteiger partial charge >= 0.3 is 0 Å². The number of hydrogen-bond donors (Lipinski definition) is 4. The third-order valence-corrected chi connectivity index (χ3v) is 3.71. The molecule has 118 valence electrons. The van der Waals surface area contributed by atoms with Crippen LogP contribution in [-0.4, -0.2) is 83.8 Å². The molecule has 2 heterocycles. The molecule has 8 heteroatoms. The largest absolute Gasteiger partial charge is 0.390 e. The first kappa shape index (κ1) is 16.1. The van der Waals surface area contributed by atoms with E-state index in [1.54, 1.807) is 6.92 Å². The molecule has 0 radical (unpaired) electrons. The maximum absolute atomic E-state index is 9.94. The van der Waals surface area contributed by atoms with E-state index in [-0.39, 0.29) is 19.1 Å². The minimum absolute atomic E-state index is 0.0189.